The molecule has 400 valence electrons. The molecular weight excluding hydrogens is 843 g/mol. The minimum Gasteiger partial charge on any atom is -0.394 e. The molecule has 0 spiro atoms. The van der Waals surface area contributed by atoms with Crippen molar-refractivity contribution in [2.75, 3.05) is 6.61 Å². The molecule has 1 amide bonds. The van der Waals surface area contributed by atoms with E-state index in [9.17, 15) is 15.0 Å². The van der Waals surface area contributed by atoms with E-state index in [4.69, 9.17) is 0 Å². The number of hydrogen-bond donors (Lipinski definition) is 3. The van der Waals surface area contributed by atoms with Crippen molar-refractivity contribution in [2.45, 2.75) is 315 Å². The lowest BCUT2D eigenvalue weighted by Gasteiger charge is -2.19. The lowest BCUT2D eigenvalue weighted by molar-refractivity contribution is -0.123. The lowest BCUT2D eigenvalue weighted by Crippen LogP contribution is -2.45. The van der Waals surface area contributed by atoms with Gasteiger partial charge in [0.05, 0.1) is 18.8 Å². The van der Waals surface area contributed by atoms with Crippen molar-refractivity contribution >= 4 is 5.91 Å². The Labute approximate surface area is 431 Å². The number of rotatable bonds is 55. The maximum Gasteiger partial charge on any atom is 0.220 e. The van der Waals surface area contributed by atoms with E-state index in [1.165, 1.54) is 212 Å². The van der Waals surface area contributed by atoms with Gasteiger partial charge in [0.25, 0.3) is 0 Å². The zero-order chi connectivity index (χ0) is 49.9. The quantitative estimate of drug-likeness (QED) is 0.0420. The Morgan fingerprint density at radius 1 is 0.362 bits per heavy atom. The number of carbonyl (C=O) groups excluding carboxylic acids is 1. The van der Waals surface area contributed by atoms with Crippen molar-refractivity contribution in [1.29, 1.82) is 0 Å². The molecule has 0 aliphatic rings. The van der Waals surface area contributed by atoms with Crippen molar-refractivity contribution < 1.29 is 15.0 Å². The minimum atomic E-state index is -0.872. The molecular formula is C65H117NO3. The number of carbonyl (C=O) groups is 1. The van der Waals surface area contributed by atoms with Crippen LogP contribution in [0.25, 0.3) is 0 Å². The highest BCUT2D eigenvalue weighted by Crippen LogP contribution is 2.17. The van der Waals surface area contributed by atoms with E-state index >= 15 is 0 Å². The van der Waals surface area contributed by atoms with Crippen molar-refractivity contribution in [2.24, 2.45) is 0 Å². The summed E-state index contributed by atoms with van der Waals surface area (Å²) in [6.45, 7) is 4.20. The largest absolute Gasteiger partial charge is 0.394 e. The van der Waals surface area contributed by atoms with E-state index < -0.39 is 12.1 Å². The number of hydrogen-bond acceptors (Lipinski definition) is 3. The Kier molecular flexibility index (Phi) is 57.8. The number of unbranched alkanes of at least 4 members (excludes halogenated alkanes) is 36. The highest BCUT2D eigenvalue weighted by Gasteiger charge is 2.18. The van der Waals surface area contributed by atoms with E-state index in [1.54, 1.807) is 6.08 Å². The first-order chi connectivity index (χ1) is 34.2. The second-order valence-corrected chi connectivity index (χ2v) is 20.4. The zero-order valence-electron chi connectivity index (χ0n) is 46.1. The fraction of sp³-hybridized carbons (Fsp3) is 0.769. The van der Waals surface area contributed by atoms with Gasteiger partial charge in [-0.2, -0.15) is 0 Å². The number of aliphatic hydroxyl groups is 2. The molecule has 69 heavy (non-hydrogen) atoms. The molecule has 0 fully saturated rings. The average molecular weight is 961 g/mol. The van der Waals surface area contributed by atoms with Crippen LogP contribution in [0, 0.1) is 0 Å². The molecule has 4 heteroatoms. The second-order valence-electron chi connectivity index (χ2n) is 20.4. The maximum absolute atomic E-state index is 12.5. The normalized spacial score (nSPS) is 13.4. The predicted molar refractivity (Wildman–Crippen MR) is 308 cm³/mol. The van der Waals surface area contributed by atoms with Crippen LogP contribution in [0.3, 0.4) is 0 Å². The van der Waals surface area contributed by atoms with Gasteiger partial charge in [-0.15, -0.1) is 0 Å². The van der Waals surface area contributed by atoms with Gasteiger partial charge >= 0.3 is 0 Å². The van der Waals surface area contributed by atoms with Crippen LogP contribution in [-0.4, -0.2) is 34.9 Å². The summed E-state index contributed by atoms with van der Waals surface area (Å²) in [5.41, 5.74) is 0. The number of aliphatic hydroxyl groups excluding tert-OH is 2. The van der Waals surface area contributed by atoms with Gasteiger partial charge in [0.15, 0.2) is 0 Å². The molecule has 0 aliphatic carbocycles. The Bertz CT molecular complexity index is 1230. The van der Waals surface area contributed by atoms with Gasteiger partial charge in [-0.1, -0.05) is 304 Å². The van der Waals surface area contributed by atoms with Gasteiger partial charge in [-0.3, -0.25) is 4.79 Å². The predicted octanol–water partition coefficient (Wildman–Crippen LogP) is 20.3. The summed E-state index contributed by atoms with van der Waals surface area (Å²) in [6, 6.07) is -0.649. The first kappa shape index (κ1) is 66.6. The summed E-state index contributed by atoms with van der Waals surface area (Å²) in [5.74, 6) is -0.0806. The molecule has 0 bridgehead atoms. The third kappa shape index (κ3) is 56.4. The third-order valence-corrected chi connectivity index (χ3v) is 13.6. The van der Waals surface area contributed by atoms with Crippen LogP contribution < -0.4 is 5.32 Å². The summed E-state index contributed by atoms with van der Waals surface area (Å²) < 4.78 is 0. The third-order valence-electron chi connectivity index (χ3n) is 13.6. The fourth-order valence-corrected chi connectivity index (χ4v) is 9.05. The monoisotopic (exact) mass is 960 g/mol. The molecule has 0 saturated carbocycles. The first-order valence-electron chi connectivity index (χ1n) is 30.3. The average Bonchev–Trinajstić information content (AvgIpc) is 3.35. The molecule has 2 unspecified atom stereocenters. The van der Waals surface area contributed by atoms with Crippen molar-refractivity contribution in [3.63, 3.8) is 0 Å². The van der Waals surface area contributed by atoms with E-state index in [1.807, 2.05) is 6.08 Å². The summed E-state index contributed by atoms with van der Waals surface area (Å²) in [7, 11) is 0. The Morgan fingerprint density at radius 3 is 1.01 bits per heavy atom. The summed E-state index contributed by atoms with van der Waals surface area (Å²) in [5, 5.41) is 23.2. The molecule has 0 aromatic heterocycles. The van der Waals surface area contributed by atoms with Gasteiger partial charge in [0.2, 0.25) is 5.91 Å². The van der Waals surface area contributed by atoms with Crippen molar-refractivity contribution in [1.82, 2.24) is 5.32 Å². The second kappa shape index (κ2) is 59.9. The van der Waals surface area contributed by atoms with Crippen LogP contribution in [0.15, 0.2) is 85.1 Å². The Morgan fingerprint density at radius 2 is 0.652 bits per heavy atom. The molecule has 0 aromatic rings. The number of allylic oxidation sites excluding steroid dienone is 13. The molecule has 0 radical (unpaired) electrons. The van der Waals surface area contributed by atoms with Gasteiger partial charge in [0.1, 0.15) is 0 Å². The highest BCUT2D eigenvalue weighted by molar-refractivity contribution is 5.76. The molecule has 3 N–H and O–H groups in total. The summed E-state index contributed by atoms with van der Waals surface area (Å²) in [6.07, 6.45) is 87.7. The minimum absolute atomic E-state index is 0.0806. The SMILES string of the molecule is CC/C=C\C/C=C\C/C=C\C/C=C\C/C=C\CCCCCCCCCCCC(=O)NC(CO)C(O)/C=C/CC/C=C/CCCCCCCCCCCCCCCCCCCCCCCCCCCC. The maximum atomic E-state index is 12.5. The topological polar surface area (TPSA) is 69.6 Å². The van der Waals surface area contributed by atoms with Gasteiger partial charge in [-0.05, 0) is 77.0 Å². The van der Waals surface area contributed by atoms with Crippen LogP contribution in [0.5, 0.6) is 0 Å². The Hall–Kier alpha value is -2.43. The molecule has 0 heterocycles. The van der Waals surface area contributed by atoms with Crippen LogP contribution in [-0.2, 0) is 4.79 Å². The van der Waals surface area contributed by atoms with Crippen LogP contribution in [0.2, 0.25) is 0 Å². The summed E-state index contributed by atoms with van der Waals surface area (Å²) >= 11 is 0. The first-order valence-corrected chi connectivity index (χ1v) is 30.3. The van der Waals surface area contributed by atoms with E-state index in [0.29, 0.717) is 6.42 Å². The van der Waals surface area contributed by atoms with Crippen LogP contribution >= 0.6 is 0 Å². The number of amides is 1. The molecule has 4 nitrogen and oxygen atoms in total. The Balaban J connectivity index is 3.54. The highest BCUT2D eigenvalue weighted by atomic mass is 16.3. The van der Waals surface area contributed by atoms with E-state index in [-0.39, 0.29) is 12.5 Å². The van der Waals surface area contributed by atoms with Gasteiger partial charge < -0.3 is 15.5 Å². The van der Waals surface area contributed by atoms with Crippen molar-refractivity contribution in [3.8, 4) is 0 Å². The summed E-state index contributed by atoms with van der Waals surface area (Å²) in [4.78, 5) is 12.5. The van der Waals surface area contributed by atoms with Crippen molar-refractivity contribution in [3.05, 3.63) is 85.1 Å². The van der Waals surface area contributed by atoms with Gasteiger partial charge in [-0.25, -0.2) is 0 Å². The molecule has 0 saturated heterocycles. The smallest absolute Gasteiger partial charge is 0.220 e. The molecule has 2 atom stereocenters. The fourth-order valence-electron chi connectivity index (χ4n) is 9.05. The zero-order valence-corrected chi connectivity index (χ0v) is 46.1. The van der Waals surface area contributed by atoms with E-state index in [2.05, 4.69) is 92.1 Å². The van der Waals surface area contributed by atoms with E-state index in [0.717, 1.165) is 70.6 Å². The van der Waals surface area contributed by atoms with Crippen LogP contribution in [0.1, 0.15) is 303 Å². The lowest BCUT2D eigenvalue weighted by atomic mass is 10.0. The molecule has 0 rings (SSSR count). The van der Waals surface area contributed by atoms with Gasteiger partial charge in [0, 0.05) is 6.42 Å². The molecule has 0 aliphatic heterocycles. The number of nitrogens with one attached hydrogen (secondary N) is 1. The molecule has 0 aromatic carbocycles. The standard InChI is InChI=1S/C65H117NO3/c1-3-5-7-9-11-13-15-17-19-21-23-25-27-29-30-31-32-33-34-35-37-38-40-42-44-46-48-50-52-54-56-58-60-64(68)63(62-67)66-65(69)61-59-57-55-53-51-49-47-45-43-41-39-36-28-26-24-22-20-18-16-14-12-10-8-6-4-2/h6,8,12,14,18,20,24,26,36,39,50,52,58,60,63-64,67-68H,3-5,7,9-11,13,15-17,19,21-23,25,27-35,37-38,40-49,51,53-57,59,61-62H2,1-2H3,(H,66,69)/b8-6-,14-12-,20-18-,26-24-,39-36-,52-50+,60-58+. The van der Waals surface area contributed by atoms with Crippen LogP contribution in [0.4, 0.5) is 0 Å².